The van der Waals surface area contributed by atoms with Crippen LogP contribution in [-0.2, 0) is 0 Å². The van der Waals surface area contributed by atoms with Crippen LogP contribution in [0.5, 0.6) is 0 Å². The lowest BCUT2D eigenvalue weighted by atomic mass is 10.0. The zero-order valence-corrected chi connectivity index (χ0v) is 11.5. The molecular formula is C18H19NO. The SMILES string of the molecule is O=C(NC1CCCC1)c1cccc(-c2ccccc2)c1. The van der Waals surface area contributed by atoms with Crippen LogP contribution >= 0.6 is 0 Å². The van der Waals surface area contributed by atoms with Crippen molar-refractivity contribution in [2.24, 2.45) is 0 Å². The van der Waals surface area contributed by atoms with Crippen LogP contribution in [0.25, 0.3) is 11.1 Å². The lowest BCUT2D eigenvalue weighted by Gasteiger charge is -2.12. The minimum Gasteiger partial charge on any atom is -0.349 e. The van der Waals surface area contributed by atoms with Gasteiger partial charge in [0.15, 0.2) is 0 Å². The van der Waals surface area contributed by atoms with Gasteiger partial charge in [-0.05, 0) is 36.1 Å². The summed E-state index contributed by atoms with van der Waals surface area (Å²) in [5.41, 5.74) is 2.98. The maximum Gasteiger partial charge on any atom is 0.251 e. The van der Waals surface area contributed by atoms with Crippen molar-refractivity contribution in [2.45, 2.75) is 31.7 Å². The Bertz CT molecular complexity index is 585. The highest BCUT2D eigenvalue weighted by Crippen LogP contribution is 2.21. The first kappa shape index (κ1) is 12.9. The molecule has 2 aromatic carbocycles. The number of nitrogens with one attached hydrogen (secondary N) is 1. The summed E-state index contributed by atoms with van der Waals surface area (Å²) in [6.45, 7) is 0. The fourth-order valence-electron chi connectivity index (χ4n) is 2.81. The number of benzene rings is 2. The lowest BCUT2D eigenvalue weighted by Crippen LogP contribution is -2.32. The Morgan fingerprint density at radius 1 is 0.900 bits per heavy atom. The Hall–Kier alpha value is -2.09. The fourth-order valence-corrected chi connectivity index (χ4v) is 2.81. The molecule has 1 fully saturated rings. The van der Waals surface area contributed by atoms with Crippen molar-refractivity contribution >= 4 is 5.91 Å². The molecule has 2 nitrogen and oxygen atoms in total. The van der Waals surface area contributed by atoms with Crippen molar-refractivity contribution in [3.8, 4) is 11.1 Å². The van der Waals surface area contributed by atoms with Gasteiger partial charge in [-0.3, -0.25) is 4.79 Å². The number of carbonyl (C=O) groups is 1. The van der Waals surface area contributed by atoms with E-state index in [9.17, 15) is 4.79 Å². The standard InChI is InChI=1S/C18H19NO/c20-18(19-17-11-4-5-12-17)16-10-6-9-15(13-16)14-7-2-1-3-8-14/h1-3,6-10,13,17H,4-5,11-12H2,(H,19,20). The predicted molar refractivity (Wildman–Crippen MR) is 81.6 cm³/mol. The average molecular weight is 265 g/mol. The molecule has 1 saturated carbocycles. The zero-order chi connectivity index (χ0) is 13.8. The van der Waals surface area contributed by atoms with Crippen LogP contribution in [-0.4, -0.2) is 11.9 Å². The summed E-state index contributed by atoms with van der Waals surface area (Å²) < 4.78 is 0. The minimum atomic E-state index is 0.0506. The van der Waals surface area contributed by atoms with Crippen LogP contribution in [0.15, 0.2) is 54.6 Å². The normalized spacial score (nSPS) is 15.2. The molecule has 0 saturated heterocycles. The summed E-state index contributed by atoms with van der Waals surface area (Å²) >= 11 is 0. The molecule has 1 aliphatic carbocycles. The van der Waals surface area contributed by atoms with E-state index in [1.807, 2.05) is 42.5 Å². The second-order valence-electron chi connectivity index (χ2n) is 5.40. The molecule has 0 aromatic heterocycles. The van der Waals surface area contributed by atoms with E-state index in [-0.39, 0.29) is 5.91 Å². The Balaban J connectivity index is 1.78. The zero-order valence-electron chi connectivity index (χ0n) is 11.5. The van der Waals surface area contributed by atoms with E-state index in [2.05, 4.69) is 17.4 Å². The maximum absolute atomic E-state index is 12.3. The number of rotatable bonds is 3. The van der Waals surface area contributed by atoms with E-state index in [1.54, 1.807) is 0 Å². The van der Waals surface area contributed by atoms with Crippen molar-refractivity contribution in [1.82, 2.24) is 5.32 Å². The second-order valence-corrected chi connectivity index (χ2v) is 5.40. The van der Waals surface area contributed by atoms with Crippen molar-refractivity contribution < 1.29 is 4.79 Å². The molecule has 1 aliphatic rings. The van der Waals surface area contributed by atoms with E-state index in [0.29, 0.717) is 6.04 Å². The van der Waals surface area contributed by atoms with Gasteiger partial charge in [0.2, 0.25) is 0 Å². The van der Waals surface area contributed by atoms with Crippen LogP contribution in [0.4, 0.5) is 0 Å². The number of hydrogen-bond acceptors (Lipinski definition) is 1. The fraction of sp³-hybridized carbons (Fsp3) is 0.278. The van der Waals surface area contributed by atoms with Crippen LogP contribution in [0.2, 0.25) is 0 Å². The van der Waals surface area contributed by atoms with Gasteiger partial charge < -0.3 is 5.32 Å². The molecule has 2 heteroatoms. The smallest absolute Gasteiger partial charge is 0.251 e. The molecule has 0 bridgehead atoms. The first-order valence-electron chi connectivity index (χ1n) is 7.29. The van der Waals surface area contributed by atoms with Gasteiger partial charge in [-0.2, -0.15) is 0 Å². The third-order valence-corrected chi connectivity index (χ3v) is 3.92. The van der Waals surface area contributed by atoms with E-state index in [1.165, 1.54) is 12.8 Å². The molecule has 20 heavy (non-hydrogen) atoms. The quantitative estimate of drug-likeness (QED) is 0.892. The molecule has 0 spiro atoms. The molecule has 0 heterocycles. The Morgan fingerprint density at radius 3 is 2.35 bits per heavy atom. The van der Waals surface area contributed by atoms with Crippen LogP contribution in [0.3, 0.4) is 0 Å². The van der Waals surface area contributed by atoms with Gasteiger partial charge in [0.1, 0.15) is 0 Å². The van der Waals surface area contributed by atoms with E-state index in [4.69, 9.17) is 0 Å². The molecule has 0 aliphatic heterocycles. The summed E-state index contributed by atoms with van der Waals surface area (Å²) in [6, 6.07) is 18.4. The Kier molecular flexibility index (Phi) is 3.82. The predicted octanol–water partition coefficient (Wildman–Crippen LogP) is 4.03. The highest BCUT2D eigenvalue weighted by Gasteiger charge is 2.18. The van der Waals surface area contributed by atoms with Crippen LogP contribution in [0.1, 0.15) is 36.0 Å². The number of hydrogen-bond donors (Lipinski definition) is 1. The first-order chi connectivity index (χ1) is 9.83. The summed E-state index contributed by atoms with van der Waals surface area (Å²) in [7, 11) is 0. The van der Waals surface area contributed by atoms with Crippen molar-refractivity contribution in [1.29, 1.82) is 0 Å². The third kappa shape index (κ3) is 2.90. The summed E-state index contributed by atoms with van der Waals surface area (Å²) in [4.78, 5) is 12.3. The molecular weight excluding hydrogens is 246 g/mol. The van der Waals surface area contributed by atoms with Crippen LogP contribution in [0, 0.1) is 0 Å². The molecule has 0 radical (unpaired) electrons. The largest absolute Gasteiger partial charge is 0.349 e. The highest BCUT2D eigenvalue weighted by molar-refractivity contribution is 5.95. The number of carbonyl (C=O) groups excluding carboxylic acids is 1. The van der Waals surface area contributed by atoms with Gasteiger partial charge in [0, 0.05) is 11.6 Å². The summed E-state index contributed by atoms with van der Waals surface area (Å²) in [6.07, 6.45) is 4.69. The van der Waals surface area contributed by atoms with Crippen molar-refractivity contribution in [2.75, 3.05) is 0 Å². The van der Waals surface area contributed by atoms with E-state index >= 15 is 0 Å². The van der Waals surface area contributed by atoms with Gasteiger partial charge >= 0.3 is 0 Å². The van der Waals surface area contributed by atoms with Crippen molar-refractivity contribution in [3.63, 3.8) is 0 Å². The maximum atomic E-state index is 12.3. The highest BCUT2D eigenvalue weighted by atomic mass is 16.1. The van der Waals surface area contributed by atoms with Crippen LogP contribution < -0.4 is 5.32 Å². The van der Waals surface area contributed by atoms with E-state index in [0.717, 1.165) is 29.5 Å². The van der Waals surface area contributed by atoms with Crippen molar-refractivity contribution in [3.05, 3.63) is 60.2 Å². The molecule has 1 N–H and O–H groups in total. The third-order valence-electron chi connectivity index (χ3n) is 3.92. The van der Waals surface area contributed by atoms with Gasteiger partial charge in [-0.1, -0.05) is 55.3 Å². The molecule has 0 atom stereocenters. The van der Waals surface area contributed by atoms with Gasteiger partial charge in [0.05, 0.1) is 0 Å². The Morgan fingerprint density at radius 2 is 1.60 bits per heavy atom. The van der Waals surface area contributed by atoms with Gasteiger partial charge in [0.25, 0.3) is 5.91 Å². The Labute approximate surface area is 119 Å². The second kappa shape index (κ2) is 5.91. The number of amides is 1. The molecule has 1 amide bonds. The van der Waals surface area contributed by atoms with E-state index < -0.39 is 0 Å². The first-order valence-corrected chi connectivity index (χ1v) is 7.29. The lowest BCUT2D eigenvalue weighted by molar-refractivity contribution is 0.0938. The monoisotopic (exact) mass is 265 g/mol. The van der Waals surface area contributed by atoms with Gasteiger partial charge in [-0.25, -0.2) is 0 Å². The molecule has 2 aromatic rings. The molecule has 102 valence electrons. The topological polar surface area (TPSA) is 29.1 Å². The van der Waals surface area contributed by atoms with Gasteiger partial charge in [-0.15, -0.1) is 0 Å². The summed E-state index contributed by atoms with van der Waals surface area (Å²) in [5, 5.41) is 3.13. The minimum absolute atomic E-state index is 0.0506. The summed E-state index contributed by atoms with van der Waals surface area (Å²) in [5.74, 6) is 0.0506. The molecule has 3 rings (SSSR count). The average Bonchev–Trinajstić information content (AvgIpc) is 3.01. The molecule has 0 unspecified atom stereocenters.